The molecule has 1 N–H and O–H groups in total. The van der Waals surface area contributed by atoms with Gasteiger partial charge in [0.15, 0.2) is 0 Å². The van der Waals surface area contributed by atoms with E-state index in [-0.39, 0.29) is 10.8 Å². The number of morpholine rings is 1. The standard InChI is InChI=1S/C21H22N2O4S2/c24-21(22-9-8-17-15-28-20-7-2-1-6-19(17)20)16-4-3-5-18(14-16)29(25,26)23-10-12-27-13-11-23/h1-7,14-15H,8-13H2,(H,22,24). The molecule has 0 spiro atoms. The third kappa shape index (κ3) is 4.35. The SMILES string of the molecule is O=C(NCCc1csc2ccccc12)c1cccc(S(=O)(=O)N2CCOCC2)c1. The molecule has 152 valence electrons. The first kappa shape index (κ1) is 20.0. The van der Waals surface area contributed by atoms with Crippen molar-refractivity contribution in [1.29, 1.82) is 0 Å². The number of benzene rings is 2. The van der Waals surface area contributed by atoms with E-state index in [1.54, 1.807) is 23.5 Å². The summed E-state index contributed by atoms with van der Waals surface area (Å²) in [5.41, 5.74) is 1.55. The molecule has 0 unspecified atom stereocenters. The van der Waals surface area contributed by atoms with Crippen LogP contribution in [0.2, 0.25) is 0 Å². The van der Waals surface area contributed by atoms with Crippen LogP contribution >= 0.6 is 11.3 Å². The van der Waals surface area contributed by atoms with Gasteiger partial charge in [-0.15, -0.1) is 11.3 Å². The zero-order valence-corrected chi connectivity index (χ0v) is 17.5. The van der Waals surface area contributed by atoms with Crippen molar-refractivity contribution in [3.05, 3.63) is 65.0 Å². The number of hydrogen-bond acceptors (Lipinski definition) is 5. The maximum Gasteiger partial charge on any atom is 0.251 e. The number of amides is 1. The van der Waals surface area contributed by atoms with Crippen molar-refractivity contribution in [3.63, 3.8) is 0 Å². The first-order chi connectivity index (χ1) is 14.1. The van der Waals surface area contributed by atoms with Crippen LogP contribution in [0.1, 0.15) is 15.9 Å². The number of carbonyl (C=O) groups is 1. The second-order valence-electron chi connectivity index (χ2n) is 6.81. The second-order valence-corrected chi connectivity index (χ2v) is 9.66. The molecule has 6 nitrogen and oxygen atoms in total. The van der Waals surface area contributed by atoms with E-state index in [0.717, 1.165) is 6.42 Å². The van der Waals surface area contributed by atoms with E-state index < -0.39 is 10.0 Å². The van der Waals surface area contributed by atoms with Crippen molar-refractivity contribution in [2.75, 3.05) is 32.8 Å². The smallest absolute Gasteiger partial charge is 0.251 e. The third-order valence-electron chi connectivity index (χ3n) is 4.95. The quantitative estimate of drug-likeness (QED) is 0.653. The highest BCUT2D eigenvalue weighted by molar-refractivity contribution is 7.89. The van der Waals surface area contributed by atoms with Crippen LogP contribution < -0.4 is 5.32 Å². The number of thiophene rings is 1. The van der Waals surface area contributed by atoms with Crippen LogP contribution in [0.3, 0.4) is 0 Å². The van der Waals surface area contributed by atoms with Gasteiger partial charge in [0, 0.05) is 29.9 Å². The van der Waals surface area contributed by atoms with Crippen LogP contribution in [-0.2, 0) is 21.2 Å². The number of sulfonamides is 1. The van der Waals surface area contributed by atoms with Gasteiger partial charge in [-0.1, -0.05) is 24.3 Å². The van der Waals surface area contributed by atoms with Crippen molar-refractivity contribution < 1.29 is 17.9 Å². The number of fused-ring (bicyclic) bond motifs is 1. The highest BCUT2D eigenvalue weighted by Crippen LogP contribution is 2.25. The summed E-state index contributed by atoms with van der Waals surface area (Å²) in [7, 11) is -3.62. The average molecular weight is 431 g/mol. The zero-order chi connectivity index (χ0) is 20.3. The van der Waals surface area contributed by atoms with Crippen molar-refractivity contribution in [3.8, 4) is 0 Å². The molecule has 4 rings (SSSR count). The molecule has 29 heavy (non-hydrogen) atoms. The fraction of sp³-hybridized carbons (Fsp3) is 0.286. The monoisotopic (exact) mass is 430 g/mol. The minimum absolute atomic E-state index is 0.135. The highest BCUT2D eigenvalue weighted by Gasteiger charge is 2.26. The predicted octanol–water partition coefficient (Wildman–Crippen LogP) is 2.89. The Morgan fingerprint density at radius 1 is 1.10 bits per heavy atom. The Balaban J connectivity index is 1.42. The lowest BCUT2D eigenvalue weighted by atomic mass is 10.1. The summed E-state index contributed by atoms with van der Waals surface area (Å²) < 4.78 is 33.4. The van der Waals surface area contributed by atoms with Crippen molar-refractivity contribution in [2.24, 2.45) is 0 Å². The van der Waals surface area contributed by atoms with Gasteiger partial charge in [-0.05, 0) is 47.0 Å². The number of carbonyl (C=O) groups excluding carboxylic acids is 1. The number of nitrogens with one attached hydrogen (secondary N) is 1. The summed E-state index contributed by atoms with van der Waals surface area (Å²) in [6.07, 6.45) is 0.724. The molecule has 1 amide bonds. The first-order valence-electron chi connectivity index (χ1n) is 9.47. The van der Waals surface area contributed by atoms with E-state index in [0.29, 0.717) is 38.4 Å². The van der Waals surface area contributed by atoms with E-state index in [1.807, 2.05) is 12.1 Å². The highest BCUT2D eigenvalue weighted by atomic mass is 32.2. The summed E-state index contributed by atoms with van der Waals surface area (Å²) in [5.74, 6) is -0.274. The van der Waals surface area contributed by atoms with E-state index in [9.17, 15) is 13.2 Å². The molecule has 1 fully saturated rings. The Morgan fingerprint density at radius 3 is 2.72 bits per heavy atom. The molecule has 0 bridgehead atoms. The normalized spacial score (nSPS) is 15.4. The van der Waals surface area contributed by atoms with Crippen LogP contribution in [0, 0.1) is 0 Å². The second kappa shape index (κ2) is 8.62. The van der Waals surface area contributed by atoms with Crippen LogP contribution in [0.5, 0.6) is 0 Å². The van der Waals surface area contributed by atoms with E-state index in [4.69, 9.17) is 4.74 Å². The summed E-state index contributed by atoms with van der Waals surface area (Å²) in [6.45, 7) is 1.91. The summed E-state index contributed by atoms with van der Waals surface area (Å²) in [5, 5.41) is 6.23. The fourth-order valence-electron chi connectivity index (χ4n) is 3.37. The maximum absolute atomic E-state index is 12.8. The molecule has 2 heterocycles. The molecule has 0 aliphatic carbocycles. The van der Waals surface area contributed by atoms with Crippen molar-refractivity contribution >= 4 is 37.4 Å². The Labute approximate surface area is 174 Å². The third-order valence-corrected chi connectivity index (χ3v) is 7.85. The van der Waals surface area contributed by atoms with Gasteiger partial charge in [-0.2, -0.15) is 4.31 Å². The van der Waals surface area contributed by atoms with Crippen molar-refractivity contribution in [1.82, 2.24) is 9.62 Å². The number of rotatable bonds is 6. The molecule has 0 saturated carbocycles. The molecular weight excluding hydrogens is 408 g/mol. The first-order valence-corrected chi connectivity index (χ1v) is 11.8. The number of ether oxygens (including phenoxy) is 1. The van der Waals surface area contributed by atoms with Gasteiger partial charge in [0.05, 0.1) is 18.1 Å². The molecule has 1 aliphatic heterocycles. The molecule has 1 aliphatic rings. The van der Waals surface area contributed by atoms with E-state index in [1.165, 1.54) is 32.1 Å². The molecule has 3 aromatic rings. The summed E-state index contributed by atoms with van der Waals surface area (Å²) in [6, 6.07) is 14.4. The van der Waals surface area contributed by atoms with Gasteiger partial charge < -0.3 is 10.1 Å². The van der Waals surface area contributed by atoms with Gasteiger partial charge in [0.25, 0.3) is 5.91 Å². The molecule has 0 atom stereocenters. The topological polar surface area (TPSA) is 75.7 Å². The number of nitrogens with zero attached hydrogens (tertiary/aromatic N) is 1. The van der Waals surface area contributed by atoms with Crippen LogP contribution in [0.25, 0.3) is 10.1 Å². The lowest BCUT2D eigenvalue weighted by Gasteiger charge is -2.26. The summed E-state index contributed by atoms with van der Waals surface area (Å²) >= 11 is 1.69. The zero-order valence-electron chi connectivity index (χ0n) is 15.8. The Hall–Kier alpha value is -2.26. The lowest BCUT2D eigenvalue weighted by Crippen LogP contribution is -2.40. The van der Waals surface area contributed by atoms with E-state index >= 15 is 0 Å². The molecule has 2 aromatic carbocycles. The number of hydrogen-bond donors (Lipinski definition) is 1. The fourth-order valence-corrected chi connectivity index (χ4v) is 5.82. The van der Waals surface area contributed by atoms with Gasteiger partial charge in [0.1, 0.15) is 0 Å². The van der Waals surface area contributed by atoms with Gasteiger partial charge in [0.2, 0.25) is 10.0 Å². The minimum Gasteiger partial charge on any atom is -0.379 e. The average Bonchev–Trinajstić information content (AvgIpc) is 3.17. The minimum atomic E-state index is -3.62. The maximum atomic E-state index is 12.8. The lowest BCUT2D eigenvalue weighted by molar-refractivity contribution is 0.0730. The van der Waals surface area contributed by atoms with Crippen molar-refractivity contribution in [2.45, 2.75) is 11.3 Å². The molecule has 8 heteroatoms. The molecule has 1 saturated heterocycles. The Bertz CT molecular complexity index is 1120. The molecule has 1 aromatic heterocycles. The molecule has 0 radical (unpaired) electrons. The Morgan fingerprint density at radius 2 is 1.90 bits per heavy atom. The Kier molecular flexibility index (Phi) is 5.96. The largest absolute Gasteiger partial charge is 0.379 e. The van der Waals surface area contributed by atoms with Crippen LogP contribution in [0.4, 0.5) is 0 Å². The van der Waals surface area contributed by atoms with E-state index in [2.05, 4.69) is 22.8 Å². The molecular formula is C21H22N2O4S2. The van der Waals surface area contributed by atoms with Gasteiger partial charge in [-0.25, -0.2) is 8.42 Å². The van der Waals surface area contributed by atoms with Gasteiger partial charge >= 0.3 is 0 Å². The summed E-state index contributed by atoms with van der Waals surface area (Å²) in [4.78, 5) is 12.7. The van der Waals surface area contributed by atoms with Gasteiger partial charge in [-0.3, -0.25) is 4.79 Å². The predicted molar refractivity (Wildman–Crippen MR) is 114 cm³/mol. The van der Waals surface area contributed by atoms with Crippen LogP contribution in [0.15, 0.2) is 58.8 Å². The van der Waals surface area contributed by atoms with Crippen LogP contribution in [-0.4, -0.2) is 51.5 Å².